The standard InChI is InChI=1S/C15H12O3/c1-10-7-8-12(15(17)18)9-13(10)14(16)11-5-3-2-4-6-11/h2-9H,1H3,(H,17,18). The molecule has 3 nitrogen and oxygen atoms in total. The summed E-state index contributed by atoms with van der Waals surface area (Å²) < 4.78 is 0. The van der Waals surface area contributed by atoms with E-state index < -0.39 is 5.97 Å². The minimum absolute atomic E-state index is 0.125. The van der Waals surface area contributed by atoms with Crippen LogP contribution in [0.1, 0.15) is 31.8 Å². The van der Waals surface area contributed by atoms with Gasteiger partial charge in [-0.3, -0.25) is 4.79 Å². The van der Waals surface area contributed by atoms with Crippen LogP contribution in [0.2, 0.25) is 0 Å². The molecule has 0 aliphatic carbocycles. The van der Waals surface area contributed by atoms with E-state index in [-0.39, 0.29) is 11.3 Å². The highest BCUT2D eigenvalue weighted by Crippen LogP contribution is 2.16. The number of carbonyl (C=O) groups excluding carboxylic acids is 1. The van der Waals surface area contributed by atoms with E-state index in [0.717, 1.165) is 5.56 Å². The van der Waals surface area contributed by atoms with Crippen molar-refractivity contribution in [2.45, 2.75) is 6.92 Å². The molecule has 0 bridgehead atoms. The van der Waals surface area contributed by atoms with E-state index in [9.17, 15) is 9.59 Å². The largest absolute Gasteiger partial charge is 0.478 e. The van der Waals surface area contributed by atoms with Gasteiger partial charge in [0.05, 0.1) is 5.56 Å². The van der Waals surface area contributed by atoms with Gasteiger partial charge in [0.15, 0.2) is 5.78 Å². The first-order valence-corrected chi connectivity index (χ1v) is 5.53. The summed E-state index contributed by atoms with van der Waals surface area (Å²) in [7, 11) is 0. The molecule has 0 spiro atoms. The minimum Gasteiger partial charge on any atom is -0.478 e. The third-order valence-electron chi connectivity index (χ3n) is 2.77. The molecule has 18 heavy (non-hydrogen) atoms. The number of rotatable bonds is 3. The summed E-state index contributed by atoms with van der Waals surface area (Å²) in [6, 6.07) is 13.4. The fourth-order valence-electron chi connectivity index (χ4n) is 1.74. The first kappa shape index (κ1) is 12.0. The Kier molecular flexibility index (Phi) is 3.24. The lowest BCUT2D eigenvalue weighted by Crippen LogP contribution is -2.06. The van der Waals surface area contributed by atoms with Crippen molar-refractivity contribution in [1.29, 1.82) is 0 Å². The predicted octanol–water partition coefficient (Wildman–Crippen LogP) is 2.92. The van der Waals surface area contributed by atoms with E-state index in [2.05, 4.69) is 0 Å². The van der Waals surface area contributed by atoms with E-state index in [1.54, 1.807) is 37.3 Å². The molecule has 0 heterocycles. The number of aryl methyl sites for hydroxylation is 1. The summed E-state index contributed by atoms with van der Waals surface area (Å²) in [4.78, 5) is 23.2. The van der Waals surface area contributed by atoms with Crippen molar-refractivity contribution in [1.82, 2.24) is 0 Å². The molecule has 90 valence electrons. The van der Waals surface area contributed by atoms with Gasteiger partial charge in [0.1, 0.15) is 0 Å². The maximum absolute atomic E-state index is 12.2. The van der Waals surface area contributed by atoms with Gasteiger partial charge in [0.25, 0.3) is 0 Å². The maximum Gasteiger partial charge on any atom is 0.335 e. The van der Waals surface area contributed by atoms with Gasteiger partial charge < -0.3 is 5.11 Å². The molecule has 0 aliphatic rings. The zero-order valence-electron chi connectivity index (χ0n) is 9.88. The lowest BCUT2D eigenvalue weighted by Gasteiger charge is -2.06. The summed E-state index contributed by atoms with van der Waals surface area (Å²) in [5.74, 6) is -1.19. The number of aromatic carboxylic acids is 1. The molecular formula is C15H12O3. The van der Waals surface area contributed by atoms with E-state index in [4.69, 9.17) is 5.11 Å². The number of carbonyl (C=O) groups is 2. The van der Waals surface area contributed by atoms with Crippen molar-refractivity contribution in [2.24, 2.45) is 0 Å². The Balaban J connectivity index is 2.48. The molecule has 2 aromatic carbocycles. The second-order valence-corrected chi connectivity index (χ2v) is 4.03. The van der Waals surface area contributed by atoms with Gasteiger partial charge in [-0.1, -0.05) is 36.4 Å². The normalized spacial score (nSPS) is 10.1. The van der Waals surface area contributed by atoms with Crippen LogP contribution in [-0.2, 0) is 0 Å². The Morgan fingerprint density at radius 3 is 2.22 bits per heavy atom. The third-order valence-corrected chi connectivity index (χ3v) is 2.77. The van der Waals surface area contributed by atoms with E-state index in [1.807, 2.05) is 6.07 Å². The molecule has 1 N–H and O–H groups in total. The average Bonchev–Trinajstić information content (AvgIpc) is 2.39. The number of hydrogen-bond acceptors (Lipinski definition) is 2. The molecule has 0 fully saturated rings. The lowest BCUT2D eigenvalue weighted by molar-refractivity contribution is 0.0697. The Bertz CT molecular complexity index is 600. The van der Waals surface area contributed by atoms with Crippen molar-refractivity contribution in [3.05, 3.63) is 70.8 Å². The second-order valence-electron chi connectivity index (χ2n) is 4.03. The number of hydrogen-bond donors (Lipinski definition) is 1. The molecule has 2 rings (SSSR count). The topological polar surface area (TPSA) is 54.4 Å². The van der Waals surface area contributed by atoms with Crippen LogP contribution in [0, 0.1) is 6.92 Å². The Morgan fingerprint density at radius 2 is 1.61 bits per heavy atom. The first-order valence-electron chi connectivity index (χ1n) is 5.53. The lowest BCUT2D eigenvalue weighted by atomic mass is 9.97. The molecule has 0 atom stereocenters. The smallest absolute Gasteiger partial charge is 0.335 e. The van der Waals surface area contributed by atoms with Crippen LogP contribution < -0.4 is 0 Å². The van der Waals surface area contributed by atoms with Gasteiger partial charge in [-0.25, -0.2) is 4.79 Å². The van der Waals surface area contributed by atoms with Gasteiger partial charge in [-0.05, 0) is 24.6 Å². The zero-order valence-corrected chi connectivity index (χ0v) is 9.88. The van der Waals surface area contributed by atoms with Crippen LogP contribution in [0.3, 0.4) is 0 Å². The summed E-state index contributed by atoms with van der Waals surface area (Å²) in [6.07, 6.45) is 0. The van der Waals surface area contributed by atoms with Crippen molar-refractivity contribution in [3.8, 4) is 0 Å². The Morgan fingerprint density at radius 1 is 0.944 bits per heavy atom. The van der Waals surface area contributed by atoms with Gasteiger partial charge >= 0.3 is 5.97 Å². The van der Waals surface area contributed by atoms with Crippen molar-refractivity contribution >= 4 is 11.8 Å². The van der Waals surface area contributed by atoms with Crippen molar-refractivity contribution in [2.75, 3.05) is 0 Å². The fraction of sp³-hybridized carbons (Fsp3) is 0.0667. The molecule has 0 radical (unpaired) electrons. The van der Waals surface area contributed by atoms with Gasteiger partial charge in [0, 0.05) is 11.1 Å². The van der Waals surface area contributed by atoms with Crippen LogP contribution >= 0.6 is 0 Å². The zero-order chi connectivity index (χ0) is 13.1. The van der Waals surface area contributed by atoms with E-state index >= 15 is 0 Å². The number of carboxylic acids is 1. The van der Waals surface area contributed by atoms with Crippen LogP contribution in [0.15, 0.2) is 48.5 Å². The van der Waals surface area contributed by atoms with E-state index in [1.165, 1.54) is 12.1 Å². The molecule has 0 amide bonds. The monoisotopic (exact) mass is 240 g/mol. The highest BCUT2D eigenvalue weighted by molar-refractivity contribution is 6.10. The summed E-state index contributed by atoms with van der Waals surface area (Å²) >= 11 is 0. The maximum atomic E-state index is 12.2. The summed E-state index contributed by atoms with van der Waals surface area (Å²) in [5.41, 5.74) is 1.89. The highest BCUT2D eigenvalue weighted by Gasteiger charge is 2.14. The third kappa shape index (κ3) is 2.30. The van der Waals surface area contributed by atoms with Gasteiger partial charge in [0.2, 0.25) is 0 Å². The number of carboxylic acid groups (broad SMARTS) is 1. The molecule has 2 aromatic rings. The van der Waals surface area contributed by atoms with E-state index in [0.29, 0.717) is 11.1 Å². The number of benzene rings is 2. The molecule has 3 heteroatoms. The highest BCUT2D eigenvalue weighted by atomic mass is 16.4. The molecular weight excluding hydrogens is 228 g/mol. The molecule has 0 aromatic heterocycles. The molecule has 0 saturated heterocycles. The minimum atomic E-state index is -1.03. The van der Waals surface area contributed by atoms with Gasteiger partial charge in [-0.15, -0.1) is 0 Å². The summed E-state index contributed by atoms with van der Waals surface area (Å²) in [5, 5.41) is 8.94. The molecule has 0 unspecified atom stereocenters. The Hall–Kier alpha value is -2.42. The fourth-order valence-corrected chi connectivity index (χ4v) is 1.74. The predicted molar refractivity (Wildman–Crippen MR) is 68.0 cm³/mol. The van der Waals surface area contributed by atoms with Crippen molar-refractivity contribution < 1.29 is 14.7 Å². The SMILES string of the molecule is Cc1ccc(C(=O)O)cc1C(=O)c1ccccc1. The number of ketones is 1. The van der Waals surface area contributed by atoms with Crippen LogP contribution in [-0.4, -0.2) is 16.9 Å². The van der Waals surface area contributed by atoms with Crippen LogP contribution in [0.25, 0.3) is 0 Å². The first-order chi connectivity index (χ1) is 8.59. The quantitative estimate of drug-likeness (QED) is 0.839. The summed E-state index contributed by atoms with van der Waals surface area (Å²) in [6.45, 7) is 1.79. The molecule has 0 saturated carbocycles. The van der Waals surface area contributed by atoms with Crippen LogP contribution in [0.4, 0.5) is 0 Å². The molecule has 0 aliphatic heterocycles. The average molecular weight is 240 g/mol. The van der Waals surface area contributed by atoms with Gasteiger partial charge in [-0.2, -0.15) is 0 Å². The van der Waals surface area contributed by atoms with Crippen molar-refractivity contribution in [3.63, 3.8) is 0 Å². The van der Waals surface area contributed by atoms with Crippen LogP contribution in [0.5, 0.6) is 0 Å². The second kappa shape index (κ2) is 4.84. The Labute approximate surface area is 105 Å².